The normalized spacial score (nSPS) is 10.5. The van der Waals surface area contributed by atoms with E-state index in [1.807, 2.05) is 18.2 Å². The monoisotopic (exact) mass is 262 g/mol. The van der Waals surface area contributed by atoms with Crippen LogP contribution in [0.5, 0.6) is 0 Å². The van der Waals surface area contributed by atoms with E-state index in [2.05, 4.69) is 0 Å². The first kappa shape index (κ1) is 12.8. The van der Waals surface area contributed by atoms with Gasteiger partial charge in [0.1, 0.15) is 0 Å². The van der Waals surface area contributed by atoms with Crippen LogP contribution in [0.15, 0.2) is 24.3 Å². The summed E-state index contributed by atoms with van der Waals surface area (Å²) in [4.78, 5) is 23.3. The molecule has 18 heavy (non-hydrogen) atoms. The first-order valence-electron chi connectivity index (χ1n) is 5.87. The lowest BCUT2D eigenvalue weighted by Crippen LogP contribution is -2.04. The second-order valence-corrected chi connectivity index (χ2v) is 5.06. The van der Waals surface area contributed by atoms with Crippen LogP contribution in [0, 0.1) is 0 Å². The Kier molecular flexibility index (Phi) is 4.10. The van der Waals surface area contributed by atoms with E-state index in [0.717, 1.165) is 21.2 Å². The van der Waals surface area contributed by atoms with Crippen LogP contribution in [0.3, 0.4) is 0 Å². The van der Waals surface area contributed by atoms with E-state index in [1.54, 1.807) is 24.3 Å². The molecule has 0 amide bonds. The molecule has 2 rings (SSSR count). The second-order valence-electron chi connectivity index (χ2n) is 3.89. The SMILES string of the molecule is CCOC(=O)CCc1cc2c(C=O)cccc2s1. The molecule has 0 bridgehead atoms. The Labute approximate surface area is 109 Å². The van der Waals surface area contributed by atoms with Gasteiger partial charge in [0.05, 0.1) is 13.0 Å². The number of hydrogen-bond acceptors (Lipinski definition) is 4. The van der Waals surface area contributed by atoms with Gasteiger partial charge in [-0.1, -0.05) is 12.1 Å². The quantitative estimate of drug-likeness (QED) is 0.614. The molecule has 0 saturated heterocycles. The van der Waals surface area contributed by atoms with Gasteiger partial charge in [0.2, 0.25) is 0 Å². The van der Waals surface area contributed by atoms with Crippen molar-refractivity contribution in [1.29, 1.82) is 0 Å². The van der Waals surface area contributed by atoms with E-state index in [9.17, 15) is 9.59 Å². The zero-order chi connectivity index (χ0) is 13.0. The summed E-state index contributed by atoms with van der Waals surface area (Å²) in [5.74, 6) is -0.175. The Hall–Kier alpha value is -1.68. The number of carbonyl (C=O) groups excluding carboxylic acids is 2. The maximum atomic E-state index is 11.3. The first-order chi connectivity index (χ1) is 8.74. The van der Waals surface area contributed by atoms with Crippen LogP contribution in [0.4, 0.5) is 0 Å². The predicted octanol–water partition coefficient (Wildman–Crippen LogP) is 3.21. The summed E-state index contributed by atoms with van der Waals surface area (Å²) in [6.07, 6.45) is 1.91. The van der Waals surface area contributed by atoms with Crippen molar-refractivity contribution in [3.05, 3.63) is 34.7 Å². The first-order valence-corrected chi connectivity index (χ1v) is 6.68. The summed E-state index contributed by atoms with van der Waals surface area (Å²) in [6.45, 7) is 2.22. The molecule has 1 aromatic heterocycles. The molecular weight excluding hydrogens is 248 g/mol. The zero-order valence-corrected chi connectivity index (χ0v) is 11.0. The molecule has 0 saturated carbocycles. The average Bonchev–Trinajstić information content (AvgIpc) is 2.79. The van der Waals surface area contributed by atoms with Gasteiger partial charge in [0, 0.05) is 20.5 Å². The summed E-state index contributed by atoms with van der Waals surface area (Å²) in [5.41, 5.74) is 0.700. The highest BCUT2D eigenvalue weighted by atomic mass is 32.1. The molecule has 3 nitrogen and oxygen atoms in total. The lowest BCUT2D eigenvalue weighted by molar-refractivity contribution is -0.143. The molecule has 0 radical (unpaired) electrons. The lowest BCUT2D eigenvalue weighted by atomic mass is 10.1. The fraction of sp³-hybridized carbons (Fsp3) is 0.286. The van der Waals surface area contributed by atoms with Gasteiger partial charge in [-0.2, -0.15) is 0 Å². The zero-order valence-electron chi connectivity index (χ0n) is 10.1. The van der Waals surface area contributed by atoms with Gasteiger partial charge in [-0.3, -0.25) is 9.59 Å². The minimum atomic E-state index is -0.175. The highest BCUT2D eigenvalue weighted by Gasteiger charge is 2.08. The number of aryl methyl sites for hydroxylation is 1. The van der Waals surface area contributed by atoms with Crippen molar-refractivity contribution in [2.75, 3.05) is 6.61 Å². The highest BCUT2D eigenvalue weighted by Crippen LogP contribution is 2.28. The number of rotatable bonds is 5. The molecule has 0 fully saturated rings. The van der Waals surface area contributed by atoms with Crippen molar-refractivity contribution in [1.82, 2.24) is 0 Å². The van der Waals surface area contributed by atoms with Gasteiger partial charge >= 0.3 is 5.97 Å². The van der Waals surface area contributed by atoms with Crippen molar-refractivity contribution in [3.63, 3.8) is 0 Å². The fourth-order valence-electron chi connectivity index (χ4n) is 1.82. The molecule has 4 heteroatoms. The molecule has 0 atom stereocenters. The molecule has 0 aliphatic heterocycles. The Balaban J connectivity index is 2.15. The van der Waals surface area contributed by atoms with E-state index < -0.39 is 0 Å². The number of hydrogen-bond donors (Lipinski definition) is 0. The van der Waals surface area contributed by atoms with Crippen LogP contribution in [0.25, 0.3) is 10.1 Å². The Morgan fingerprint density at radius 1 is 1.44 bits per heavy atom. The van der Waals surface area contributed by atoms with Crippen molar-refractivity contribution >= 4 is 33.7 Å². The van der Waals surface area contributed by atoms with Crippen LogP contribution in [-0.4, -0.2) is 18.9 Å². The third kappa shape index (κ3) is 2.76. The Bertz CT molecular complexity index is 571. The maximum Gasteiger partial charge on any atom is 0.306 e. The molecule has 94 valence electrons. The number of benzene rings is 1. The third-order valence-corrected chi connectivity index (χ3v) is 3.81. The van der Waals surface area contributed by atoms with E-state index in [1.165, 1.54) is 0 Å². The topological polar surface area (TPSA) is 43.4 Å². The standard InChI is InChI=1S/C14H14O3S/c1-2-17-14(16)7-6-11-8-12-10(9-15)4-3-5-13(12)18-11/h3-5,8-9H,2,6-7H2,1H3. The minimum absolute atomic E-state index is 0.175. The van der Waals surface area contributed by atoms with Gasteiger partial charge in [0.25, 0.3) is 0 Å². The van der Waals surface area contributed by atoms with Crippen LogP contribution < -0.4 is 0 Å². The van der Waals surface area contributed by atoms with E-state index in [4.69, 9.17) is 4.74 Å². The van der Waals surface area contributed by atoms with Gasteiger partial charge in [-0.25, -0.2) is 0 Å². The Morgan fingerprint density at radius 3 is 3.00 bits per heavy atom. The molecule has 0 aliphatic rings. The van der Waals surface area contributed by atoms with E-state index in [-0.39, 0.29) is 5.97 Å². The van der Waals surface area contributed by atoms with E-state index >= 15 is 0 Å². The number of esters is 1. The van der Waals surface area contributed by atoms with Gasteiger partial charge in [-0.05, 0) is 25.5 Å². The molecular formula is C14H14O3S. The summed E-state index contributed by atoms with van der Waals surface area (Å²) >= 11 is 1.62. The number of carbonyl (C=O) groups is 2. The van der Waals surface area contributed by atoms with Crippen LogP contribution in [0.2, 0.25) is 0 Å². The molecule has 0 aliphatic carbocycles. The second kappa shape index (κ2) is 5.78. The van der Waals surface area contributed by atoms with Gasteiger partial charge in [-0.15, -0.1) is 11.3 Å². The largest absolute Gasteiger partial charge is 0.466 e. The molecule has 1 aromatic carbocycles. The molecule has 0 unspecified atom stereocenters. The van der Waals surface area contributed by atoms with Crippen LogP contribution in [0.1, 0.15) is 28.6 Å². The van der Waals surface area contributed by atoms with Gasteiger partial charge in [0.15, 0.2) is 6.29 Å². The summed E-state index contributed by atoms with van der Waals surface area (Å²) in [6, 6.07) is 7.65. The number of ether oxygens (including phenoxy) is 1. The Morgan fingerprint density at radius 2 is 2.28 bits per heavy atom. The number of thiophene rings is 1. The third-order valence-electron chi connectivity index (χ3n) is 2.65. The number of fused-ring (bicyclic) bond motifs is 1. The smallest absolute Gasteiger partial charge is 0.306 e. The summed E-state index contributed by atoms with van der Waals surface area (Å²) in [5, 5.41) is 0.969. The van der Waals surface area contributed by atoms with Crippen molar-refractivity contribution in [2.24, 2.45) is 0 Å². The predicted molar refractivity (Wildman–Crippen MR) is 72.2 cm³/mol. The van der Waals surface area contributed by atoms with Crippen LogP contribution in [-0.2, 0) is 16.0 Å². The molecule has 2 aromatic rings. The maximum absolute atomic E-state index is 11.3. The minimum Gasteiger partial charge on any atom is -0.466 e. The van der Waals surface area contributed by atoms with Gasteiger partial charge < -0.3 is 4.74 Å². The molecule has 1 heterocycles. The van der Waals surface area contributed by atoms with Crippen LogP contribution >= 0.6 is 11.3 Å². The number of aldehydes is 1. The highest BCUT2D eigenvalue weighted by molar-refractivity contribution is 7.19. The molecule has 0 N–H and O–H groups in total. The van der Waals surface area contributed by atoms with E-state index in [0.29, 0.717) is 25.0 Å². The average molecular weight is 262 g/mol. The summed E-state index contributed by atoms with van der Waals surface area (Å²) in [7, 11) is 0. The van der Waals surface area contributed by atoms with Crippen molar-refractivity contribution < 1.29 is 14.3 Å². The lowest BCUT2D eigenvalue weighted by Gasteiger charge is -1.99. The van der Waals surface area contributed by atoms with Crippen molar-refractivity contribution in [2.45, 2.75) is 19.8 Å². The summed E-state index contributed by atoms with van der Waals surface area (Å²) < 4.78 is 5.97. The van der Waals surface area contributed by atoms with Crippen molar-refractivity contribution in [3.8, 4) is 0 Å². The molecule has 0 spiro atoms. The fourth-order valence-corrected chi connectivity index (χ4v) is 2.92.